The highest BCUT2D eigenvalue weighted by molar-refractivity contribution is 5.87. The molecule has 1 aliphatic rings. The first-order valence-electron chi connectivity index (χ1n) is 13.5. The van der Waals surface area contributed by atoms with Gasteiger partial charge < -0.3 is 24.5 Å². The molecule has 1 atom stereocenters. The second kappa shape index (κ2) is 14.9. The smallest absolute Gasteiger partial charge is 0.410 e. The van der Waals surface area contributed by atoms with Crippen molar-refractivity contribution in [3.05, 3.63) is 35.9 Å². The summed E-state index contributed by atoms with van der Waals surface area (Å²) in [6.45, 7) is 14.8. The van der Waals surface area contributed by atoms with Gasteiger partial charge in [0.25, 0.3) is 0 Å². The lowest BCUT2D eigenvalue weighted by atomic mass is 9.85. The fourth-order valence-corrected chi connectivity index (χ4v) is 4.73. The zero-order valence-corrected chi connectivity index (χ0v) is 23.3. The molecule has 1 fully saturated rings. The van der Waals surface area contributed by atoms with Crippen molar-refractivity contribution in [1.82, 2.24) is 19.6 Å². The van der Waals surface area contributed by atoms with Crippen molar-refractivity contribution in [1.29, 1.82) is 0 Å². The largest absolute Gasteiger partial charge is 0.480 e. The van der Waals surface area contributed by atoms with Crippen LogP contribution < -0.4 is 0 Å². The monoisotopic (exact) mass is 518 g/mol. The van der Waals surface area contributed by atoms with Crippen molar-refractivity contribution >= 4 is 18.0 Å². The number of carbonyl (C=O) groups excluding carboxylic acids is 2. The lowest BCUT2D eigenvalue weighted by Gasteiger charge is -2.39. The number of benzene rings is 1. The molecule has 0 aliphatic carbocycles. The van der Waals surface area contributed by atoms with Gasteiger partial charge in [-0.15, -0.1) is 0 Å². The highest BCUT2D eigenvalue weighted by Gasteiger charge is 2.40. The number of ether oxygens (including phenoxy) is 1. The maximum Gasteiger partial charge on any atom is 0.410 e. The van der Waals surface area contributed by atoms with Gasteiger partial charge >= 0.3 is 12.1 Å². The van der Waals surface area contributed by atoms with E-state index in [0.717, 1.165) is 44.6 Å². The number of carboxylic acids is 1. The first kappa shape index (κ1) is 30.6. The second-order valence-electron chi connectivity index (χ2n) is 10.7. The molecule has 0 bridgehead atoms. The molecule has 0 spiro atoms. The molecule has 1 N–H and O–H groups in total. The van der Waals surface area contributed by atoms with E-state index in [4.69, 9.17) is 4.74 Å². The predicted molar refractivity (Wildman–Crippen MR) is 144 cm³/mol. The maximum absolute atomic E-state index is 13.7. The number of likely N-dealkylation sites (tertiary alicyclic amines) is 1. The summed E-state index contributed by atoms with van der Waals surface area (Å²) < 4.78 is 5.56. The first-order chi connectivity index (χ1) is 17.6. The highest BCUT2D eigenvalue weighted by atomic mass is 16.6. The van der Waals surface area contributed by atoms with Gasteiger partial charge in [0.1, 0.15) is 19.2 Å². The van der Waals surface area contributed by atoms with E-state index >= 15 is 0 Å². The minimum absolute atomic E-state index is 0.105. The van der Waals surface area contributed by atoms with Crippen LogP contribution in [0.3, 0.4) is 0 Å². The molecule has 2 amide bonds. The third-order valence-corrected chi connectivity index (χ3v) is 6.91. The van der Waals surface area contributed by atoms with Gasteiger partial charge in [0.2, 0.25) is 5.91 Å². The third kappa shape index (κ3) is 9.97. The number of carbonyl (C=O) groups is 3. The van der Waals surface area contributed by atoms with Crippen LogP contribution in [0.15, 0.2) is 30.3 Å². The molecule has 1 unspecified atom stereocenters. The zero-order valence-electron chi connectivity index (χ0n) is 23.3. The Morgan fingerprint density at radius 3 is 2.16 bits per heavy atom. The van der Waals surface area contributed by atoms with Crippen LogP contribution in [0, 0.1) is 5.41 Å². The van der Waals surface area contributed by atoms with Crippen molar-refractivity contribution in [2.75, 3.05) is 58.9 Å². The summed E-state index contributed by atoms with van der Waals surface area (Å²) in [7, 11) is 0. The standard InChI is InChI=1S/C28H46N4O5/c1-6-29(7-2)17-19-31(27(36)37-22-23-13-9-8-10-14-23)21-24(33)32(20-18-30-15-11-12-16-30)25(26(34)35)28(3,4)5/h8-10,13-14,25H,6-7,11-12,15-22H2,1-5H3,(H,34,35). The molecule has 9 heteroatoms. The van der Waals surface area contributed by atoms with Crippen molar-refractivity contribution in [2.45, 2.75) is 60.1 Å². The normalized spacial score (nSPS) is 15.0. The van der Waals surface area contributed by atoms with Crippen LogP contribution in [0.25, 0.3) is 0 Å². The SMILES string of the molecule is CCN(CC)CCN(CC(=O)N(CCN1CCCC1)C(C(=O)O)C(C)(C)C)C(=O)OCc1ccccc1. The van der Waals surface area contributed by atoms with Gasteiger partial charge in [-0.25, -0.2) is 9.59 Å². The van der Waals surface area contributed by atoms with Crippen LogP contribution in [0.2, 0.25) is 0 Å². The van der Waals surface area contributed by atoms with Gasteiger partial charge in [-0.3, -0.25) is 9.69 Å². The summed E-state index contributed by atoms with van der Waals surface area (Å²) in [5.41, 5.74) is 0.184. The number of nitrogens with zero attached hydrogens (tertiary/aromatic N) is 4. The van der Waals surface area contributed by atoms with E-state index in [9.17, 15) is 19.5 Å². The van der Waals surface area contributed by atoms with Crippen LogP contribution in [0.1, 0.15) is 53.0 Å². The Balaban J connectivity index is 2.21. The first-order valence-corrected chi connectivity index (χ1v) is 13.5. The fraction of sp³-hybridized carbons (Fsp3) is 0.679. The second-order valence-corrected chi connectivity index (χ2v) is 10.7. The van der Waals surface area contributed by atoms with Crippen molar-refractivity contribution in [2.24, 2.45) is 5.41 Å². The number of rotatable bonds is 14. The number of hydrogen-bond donors (Lipinski definition) is 1. The van der Waals surface area contributed by atoms with E-state index < -0.39 is 23.5 Å². The van der Waals surface area contributed by atoms with Gasteiger partial charge in [-0.1, -0.05) is 65.0 Å². The molecule has 1 aromatic carbocycles. The summed E-state index contributed by atoms with van der Waals surface area (Å²) in [4.78, 5) is 46.4. The molecular formula is C28H46N4O5. The molecule has 1 aliphatic heterocycles. The van der Waals surface area contributed by atoms with E-state index in [2.05, 4.69) is 9.80 Å². The lowest BCUT2D eigenvalue weighted by molar-refractivity contribution is -0.155. The van der Waals surface area contributed by atoms with Crippen molar-refractivity contribution in [3.8, 4) is 0 Å². The van der Waals surface area contributed by atoms with Gasteiger partial charge in [0.05, 0.1) is 0 Å². The average Bonchev–Trinajstić information content (AvgIpc) is 3.38. The summed E-state index contributed by atoms with van der Waals surface area (Å²) >= 11 is 0. The molecule has 2 rings (SSSR count). The Bertz CT molecular complexity index is 848. The van der Waals surface area contributed by atoms with E-state index in [-0.39, 0.29) is 19.1 Å². The summed E-state index contributed by atoms with van der Waals surface area (Å²) in [5, 5.41) is 10.1. The van der Waals surface area contributed by atoms with Gasteiger partial charge in [0.15, 0.2) is 0 Å². The molecule has 0 saturated carbocycles. The van der Waals surface area contributed by atoms with E-state index in [1.807, 2.05) is 65.0 Å². The Labute approximate surface area is 222 Å². The van der Waals surface area contributed by atoms with Gasteiger partial charge in [0, 0.05) is 26.2 Å². The summed E-state index contributed by atoms with van der Waals surface area (Å²) in [6, 6.07) is 8.39. The third-order valence-electron chi connectivity index (χ3n) is 6.91. The van der Waals surface area contributed by atoms with Gasteiger partial charge in [-0.2, -0.15) is 0 Å². The van der Waals surface area contributed by atoms with E-state index in [1.165, 1.54) is 9.80 Å². The molecule has 1 aromatic rings. The number of likely N-dealkylation sites (N-methyl/N-ethyl adjacent to an activating group) is 1. The maximum atomic E-state index is 13.7. The fourth-order valence-electron chi connectivity index (χ4n) is 4.73. The highest BCUT2D eigenvalue weighted by Crippen LogP contribution is 2.25. The van der Waals surface area contributed by atoms with E-state index in [0.29, 0.717) is 26.2 Å². The lowest BCUT2D eigenvalue weighted by Crippen LogP contribution is -2.56. The molecule has 1 saturated heterocycles. The van der Waals surface area contributed by atoms with Crippen molar-refractivity contribution in [3.63, 3.8) is 0 Å². The summed E-state index contributed by atoms with van der Waals surface area (Å²) in [6.07, 6.45) is 1.65. The number of aliphatic carboxylic acids is 1. The topological polar surface area (TPSA) is 93.6 Å². The molecule has 208 valence electrons. The Morgan fingerprint density at radius 2 is 1.62 bits per heavy atom. The quantitative estimate of drug-likeness (QED) is 0.403. The predicted octanol–water partition coefficient (Wildman–Crippen LogP) is 3.39. The van der Waals surface area contributed by atoms with E-state index in [1.54, 1.807) is 0 Å². The molecular weight excluding hydrogens is 472 g/mol. The molecule has 1 heterocycles. The van der Waals surface area contributed by atoms with Crippen molar-refractivity contribution < 1.29 is 24.2 Å². The molecule has 9 nitrogen and oxygen atoms in total. The Morgan fingerprint density at radius 1 is 1.00 bits per heavy atom. The zero-order chi connectivity index (χ0) is 27.4. The molecule has 37 heavy (non-hydrogen) atoms. The summed E-state index contributed by atoms with van der Waals surface area (Å²) in [5.74, 6) is -1.42. The Hall–Kier alpha value is -2.65. The van der Waals surface area contributed by atoms with Gasteiger partial charge in [-0.05, 0) is 50.0 Å². The number of hydrogen-bond acceptors (Lipinski definition) is 6. The number of amides is 2. The van der Waals surface area contributed by atoms with Crippen LogP contribution in [-0.4, -0.2) is 108 Å². The van der Waals surface area contributed by atoms with Crippen LogP contribution in [-0.2, 0) is 20.9 Å². The Kier molecular flexibility index (Phi) is 12.3. The van der Waals surface area contributed by atoms with Crippen LogP contribution in [0.5, 0.6) is 0 Å². The van der Waals surface area contributed by atoms with Crippen LogP contribution in [0.4, 0.5) is 4.79 Å². The molecule has 0 aromatic heterocycles. The number of carboxylic acid groups (broad SMARTS) is 1. The van der Waals surface area contributed by atoms with Crippen LogP contribution >= 0.6 is 0 Å². The minimum atomic E-state index is -1.04. The minimum Gasteiger partial charge on any atom is -0.480 e. The molecule has 0 radical (unpaired) electrons. The average molecular weight is 519 g/mol.